The van der Waals surface area contributed by atoms with E-state index in [2.05, 4.69) is 25.8 Å². The van der Waals surface area contributed by atoms with Crippen LogP contribution in [-0.4, -0.2) is 51.8 Å². The molecule has 170 valence electrons. The van der Waals surface area contributed by atoms with Gasteiger partial charge in [0, 0.05) is 48.6 Å². The van der Waals surface area contributed by atoms with Crippen molar-refractivity contribution in [1.29, 1.82) is 0 Å². The van der Waals surface area contributed by atoms with Gasteiger partial charge in [-0.25, -0.2) is 18.6 Å². The van der Waals surface area contributed by atoms with Crippen LogP contribution < -0.4 is 4.90 Å². The van der Waals surface area contributed by atoms with Crippen molar-refractivity contribution < 1.29 is 18.3 Å². The van der Waals surface area contributed by atoms with E-state index in [9.17, 15) is 13.6 Å². The number of halogens is 3. The third kappa shape index (κ3) is 4.44. The van der Waals surface area contributed by atoms with Crippen molar-refractivity contribution in [3.8, 4) is 5.69 Å². The molecule has 1 saturated heterocycles. The van der Waals surface area contributed by atoms with Crippen molar-refractivity contribution in [2.45, 2.75) is 39.3 Å². The van der Waals surface area contributed by atoms with Crippen LogP contribution in [0.3, 0.4) is 0 Å². The van der Waals surface area contributed by atoms with Crippen molar-refractivity contribution in [2.24, 2.45) is 0 Å². The van der Waals surface area contributed by atoms with Crippen LogP contribution in [0.2, 0.25) is 0 Å². The summed E-state index contributed by atoms with van der Waals surface area (Å²) in [6.07, 6.45) is 3.14. The summed E-state index contributed by atoms with van der Waals surface area (Å²) in [4.78, 5) is 21.0. The van der Waals surface area contributed by atoms with Crippen LogP contribution in [0.15, 0.2) is 41.1 Å². The van der Waals surface area contributed by atoms with E-state index in [0.29, 0.717) is 25.3 Å². The van der Waals surface area contributed by atoms with E-state index in [-0.39, 0.29) is 12.1 Å². The monoisotopic (exact) mass is 506 g/mol. The quantitative estimate of drug-likeness (QED) is 0.459. The predicted octanol–water partition coefficient (Wildman–Crippen LogP) is 5.51. The van der Waals surface area contributed by atoms with Crippen molar-refractivity contribution in [3.05, 3.63) is 52.8 Å². The molecule has 0 saturated carbocycles. The van der Waals surface area contributed by atoms with Crippen LogP contribution in [0.5, 0.6) is 0 Å². The highest BCUT2D eigenvalue weighted by Crippen LogP contribution is 2.36. The smallest absolute Gasteiger partial charge is 0.410 e. The van der Waals surface area contributed by atoms with Gasteiger partial charge in [0.1, 0.15) is 23.1 Å². The molecule has 32 heavy (non-hydrogen) atoms. The Morgan fingerprint density at radius 2 is 1.88 bits per heavy atom. The molecule has 0 unspecified atom stereocenters. The largest absolute Gasteiger partial charge is 0.444 e. The Morgan fingerprint density at radius 1 is 1.19 bits per heavy atom. The fourth-order valence-corrected chi connectivity index (χ4v) is 4.58. The molecule has 0 N–H and O–H groups in total. The second-order valence-corrected chi connectivity index (χ2v) is 9.83. The number of amides is 1. The lowest BCUT2D eigenvalue weighted by Crippen LogP contribution is -2.55. The molecule has 3 heterocycles. The summed E-state index contributed by atoms with van der Waals surface area (Å²) in [5.74, 6) is -0.528. The van der Waals surface area contributed by atoms with Crippen molar-refractivity contribution >= 4 is 38.7 Å². The van der Waals surface area contributed by atoms with Crippen LogP contribution >= 0.6 is 15.9 Å². The van der Waals surface area contributed by atoms with Gasteiger partial charge in [-0.1, -0.05) is 0 Å². The number of benzene rings is 1. The van der Waals surface area contributed by atoms with E-state index < -0.39 is 17.2 Å². The van der Waals surface area contributed by atoms with Gasteiger partial charge in [0.2, 0.25) is 0 Å². The lowest BCUT2D eigenvalue weighted by molar-refractivity contribution is 0.0159. The molecule has 0 aliphatic carbocycles. The van der Waals surface area contributed by atoms with E-state index in [4.69, 9.17) is 4.74 Å². The molecule has 1 aromatic carbocycles. The summed E-state index contributed by atoms with van der Waals surface area (Å²) in [7, 11) is 0. The molecule has 0 spiro atoms. The first-order valence-electron chi connectivity index (χ1n) is 10.4. The number of pyridine rings is 1. The number of carbonyl (C=O) groups excluding carboxylic acids is 1. The molecular formula is C23H25BrF2N4O2. The maximum atomic E-state index is 13.8. The molecule has 9 heteroatoms. The first-order chi connectivity index (χ1) is 15.0. The maximum Gasteiger partial charge on any atom is 0.410 e. The molecule has 1 atom stereocenters. The van der Waals surface area contributed by atoms with E-state index in [1.807, 2.05) is 33.8 Å². The molecule has 4 rings (SSSR count). The van der Waals surface area contributed by atoms with Crippen LogP contribution in [0.25, 0.3) is 16.6 Å². The lowest BCUT2D eigenvalue weighted by Gasteiger charge is -2.40. The average Bonchev–Trinajstić information content (AvgIpc) is 3.03. The average molecular weight is 507 g/mol. The molecular weight excluding hydrogens is 482 g/mol. The number of carbonyl (C=O) groups is 1. The summed E-state index contributed by atoms with van der Waals surface area (Å²) in [6, 6.07) is 5.16. The van der Waals surface area contributed by atoms with Gasteiger partial charge < -0.3 is 19.1 Å². The Kier molecular flexibility index (Phi) is 5.87. The van der Waals surface area contributed by atoms with E-state index in [1.165, 1.54) is 12.1 Å². The molecule has 0 bridgehead atoms. The Bertz CT molecular complexity index is 1150. The fraction of sp³-hybridized carbons (Fsp3) is 0.391. The number of anilines is 1. The van der Waals surface area contributed by atoms with Gasteiger partial charge in [-0.05, 0) is 61.8 Å². The summed E-state index contributed by atoms with van der Waals surface area (Å²) in [5, 5.41) is 0.843. The Labute approximate surface area is 193 Å². The fourth-order valence-electron chi connectivity index (χ4n) is 3.99. The molecule has 0 radical (unpaired) electrons. The molecule has 1 aliphatic rings. The van der Waals surface area contributed by atoms with Gasteiger partial charge in [-0.15, -0.1) is 0 Å². The summed E-state index contributed by atoms with van der Waals surface area (Å²) >= 11 is 3.59. The van der Waals surface area contributed by atoms with Crippen molar-refractivity contribution in [1.82, 2.24) is 14.5 Å². The first kappa shape index (κ1) is 22.5. The Morgan fingerprint density at radius 3 is 2.50 bits per heavy atom. The topological polar surface area (TPSA) is 50.6 Å². The Hall–Kier alpha value is -2.68. The van der Waals surface area contributed by atoms with Crippen LogP contribution in [0.1, 0.15) is 27.7 Å². The summed E-state index contributed by atoms with van der Waals surface area (Å²) in [6.45, 7) is 9.20. The highest BCUT2D eigenvalue weighted by molar-refractivity contribution is 9.10. The molecule has 1 fully saturated rings. The highest BCUT2D eigenvalue weighted by Gasteiger charge is 2.32. The third-order valence-electron chi connectivity index (χ3n) is 5.33. The zero-order chi connectivity index (χ0) is 23.2. The number of fused-ring (bicyclic) bond motifs is 1. The van der Waals surface area contributed by atoms with Crippen molar-refractivity contribution in [2.75, 3.05) is 24.5 Å². The second-order valence-electron chi connectivity index (χ2n) is 8.97. The number of rotatable bonds is 2. The first-order valence-corrected chi connectivity index (χ1v) is 11.2. The van der Waals surface area contributed by atoms with Crippen LogP contribution in [0, 0.1) is 11.6 Å². The minimum Gasteiger partial charge on any atom is -0.444 e. The lowest BCUT2D eigenvalue weighted by atomic mass is 10.1. The predicted molar refractivity (Wildman–Crippen MR) is 123 cm³/mol. The molecule has 3 aromatic rings. The summed E-state index contributed by atoms with van der Waals surface area (Å²) < 4.78 is 35.7. The van der Waals surface area contributed by atoms with E-state index in [0.717, 1.165) is 27.3 Å². The number of aromatic nitrogens is 2. The maximum absolute atomic E-state index is 13.8. The number of nitrogens with zero attached hydrogens (tertiary/aromatic N) is 4. The van der Waals surface area contributed by atoms with Gasteiger partial charge in [0.25, 0.3) is 0 Å². The SMILES string of the molecule is C[C@@H]1CN(c2nccc3c2c(Br)cn3-c2cc(F)cc(F)c2)CCN1C(=O)OC(C)(C)C. The van der Waals surface area contributed by atoms with Gasteiger partial charge in [-0.2, -0.15) is 0 Å². The van der Waals surface area contributed by atoms with Crippen LogP contribution in [0.4, 0.5) is 19.4 Å². The highest BCUT2D eigenvalue weighted by atomic mass is 79.9. The summed E-state index contributed by atoms with van der Waals surface area (Å²) in [5.41, 5.74) is 0.609. The minimum atomic E-state index is -0.639. The number of hydrogen-bond acceptors (Lipinski definition) is 4. The second kappa shape index (κ2) is 8.35. The molecule has 6 nitrogen and oxygen atoms in total. The van der Waals surface area contributed by atoms with Crippen LogP contribution in [-0.2, 0) is 4.74 Å². The number of piperazine rings is 1. The zero-order valence-corrected chi connectivity index (χ0v) is 20.0. The number of hydrogen-bond donors (Lipinski definition) is 0. The standard InChI is InChI=1S/C23H25BrF2N4O2/c1-14-12-28(7-8-29(14)22(31)32-23(2,3)4)21-20-18(24)13-30(19(20)5-6-27-21)17-10-15(25)9-16(26)11-17/h5-6,9-11,13-14H,7-8,12H2,1-4H3/t14-/m1/s1. The third-order valence-corrected chi connectivity index (χ3v) is 5.93. The van der Waals surface area contributed by atoms with Gasteiger partial charge in [0.05, 0.1) is 16.6 Å². The van der Waals surface area contributed by atoms with E-state index in [1.54, 1.807) is 21.9 Å². The molecule has 1 aliphatic heterocycles. The minimum absolute atomic E-state index is 0.0752. The van der Waals surface area contributed by atoms with Gasteiger partial charge in [-0.3, -0.25) is 0 Å². The zero-order valence-electron chi connectivity index (χ0n) is 18.4. The van der Waals surface area contributed by atoms with E-state index >= 15 is 0 Å². The molecule has 2 aromatic heterocycles. The molecule has 1 amide bonds. The van der Waals surface area contributed by atoms with Crippen molar-refractivity contribution in [3.63, 3.8) is 0 Å². The van der Waals surface area contributed by atoms with Gasteiger partial charge >= 0.3 is 6.09 Å². The van der Waals surface area contributed by atoms with Gasteiger partial charge in [0.15, 0.2) is 0 Å². The normalized spacial score (nSPS) is 17.2. The Balaban J connectivity index is 1.65. The number of ether oxygens (including phenoxy) is 1.